The molecule has 0 bridgehead atoms. The van der Waals surface area contributed by atoms with E-state index in [9.17, 15) is 18.0 Å². The van der Waals surface area contributed by atoms with Gasteiger partial charge in [-0.25, -0.2) is 4.79 Å². The van der Waals surface area contributed by atoms with Gasteiger partial charge in [0, 0.05) is 0 Å². The van der Waals surface area contributed by atoms with Gasteiger partial charge < -0.3 is 5.73 Å². The van der Waals surface area contributed by atoms with Gasteiger partial charge in [-0.05, 0) is 36.4 Å². The number of anilines is 2. The topological polar surface area (TPSA) is 46.3 Å². The Hall–Kier alpha value is -2.50. The summed E-state index contributed by atoms with van der Waals surface area (Å²) in [5, 5.41) is 0. The third-order valence-electron chi connectivity index (χ3n) is 2.69. The number of hydrogen-bond acceptors (Lipinski definition) is 1. The van der Waals surface area contributed by atoms with Crippen LogP contribution in [0.2, 0.25) is 0 Å². The van der Waals surface area contributed by atoms with E-state index in [4.69, 9.17) is 5.73 Å². The number of primary amides is 1. The zero-order chi connectivity index (χ0) is 14.8. The van der Waals surface area contributed by atoms with Gasteiger partial charge in [0.15, 0.2) is 0 Å². The van der Waals surface area contributed by atoms with Crippen molar-refractivity contribution in [2.75, 3.05) is 4.90 Å². The van der Waals surface area contributed by atoms with Crippen molar-refractivity contribution >= 4 is 17.4 Å². The molecule has 0 aliphatic rings. The average molecular weight is 280 g/mol. The van der Waals surface area contributed by atoms with E-state index in [1.807, 2.05) is 0 Å². The van der Waals surface area contributed by atoms with Crippen molar-refractivity contribution in [3.05, 3.63) is 60.2 Å². The molecule has 2 amide bonds. The molecule has 0 spiro atoms. The van der Waals surface area contributed by atoms with Gasteiger partial charge in [-0.1, -0.05) is 18.2 Å². The first-order valence-corrected chi connectivity index (χ1v) is 5.71. The molecule has 0 saturated carbocycles. The Kier molecular flexibility index (Phi) is 3.65. The zero-order valence-electron chi connectivity index (χ0n) is 10.3. The fraction of sp³-hybridized carbons (Fsp3) is 0.0714. The van der Waals surface area contributed by atoms with Crippen molar-refractivity contribution in [3.63, 3.8) is 0 Å². The van der Waals surface area contributed by atoms with Gasteiger partial charge in [-0.15, -0.1) is 0 Å². The molecule has 6 heteroatoms. The molecule has 0 atom stereocenters. The summed E-state index contributed by atoms with van der Waals surface area (Å²) in [5.74, 6) is 0. The van der Waals surface area contributed by atoms with E-state index in [1.54, 1.807) is 30.3 Å². The van der Waals surface area contributed by atoms with Crippen molar-refractivity contribution in [1.29, 1.82) is 0 Å². The second kappa shape index (κ2) is 5.24. The van der Waals surface area contributed by atoms with E-state index in [1.165, 1.54) is 12.1 Å². The number of urea groups is 1. The minimum Gasteiger partial charge on any atom is -0.351 e. The van der Waals surface area contributed by atoms with Gasteiger partial charge in [0.2, 0.25) is 0 Å². The van der Waals surface area contributed by atoms with Gasteiger partial charge in [0.25, 0.3) is 0 Å². The fourth-order valence-electron chi connectivity index (χ4n) is 1.78. The molecular formula is C14H11F3N2O. The lowest BCUT2D eigenvalue weighted by Gasteiger charge is -2.21. The standard InChI is InChI=1S/C14H11F3N2O/c15-14(16,17)10-6-8-12(9-7-10)19(13(18)20)11-4-2-1-3-5-11/h1-9H,(H2,18,20). The van der Waals surface area contributed by atoms with Crippen LogP contribution in [0, 0.1) is 0 Å². The molecule has 3 nitrogen and oxygen atoms in total. The number of carbonyl (C=O) groups excluding carboxylic acids is 1. The Morgan fingerprint density at radius 1 is 0.900 bits per heavy atom. The van der Waals surface area contributed by atoms with Crippen LogP contribution in [0.3, 0.4) is 0 Å². The molecule has 2 aromatic carbocycles. The summed E-state index contributed by atoms with van der Waals surface area (Å²) < 4.78 is 37.5. The minimum absolute atomic E-state index is 0.275. The molecule has 0 radical (unpaired) electrons. The van der Waals surface area contributed by atoms with Crippen LogP contribution >= 0.6 is 0 Å². The first kappa shape index (κ1) is 13.9. The predicted octanol–water partition coefficient (Wildman–Crippen LogP) is 3.92. The lowest BCUT2D eigenvalue weighted by atomic mass is 10.1. The summed E-state index contributed by atoms with van der Waals surface area (Å²) in [4.78, 5) is 12.6. The molecule has 0 aliphatic carbocycles. The Labute approximate surface area is 113 Å². The summed E-state index contributed by atoms with van der Waals surface area (Å²) in [6.07, 6.45) is -4.41. The minimum atomic E-state index is -4.41. The number of carbonyl (C=O) groups is 1. The number of alkyl halides is 3. The number of nitrogens with two attached hydrogens (primary N) is 1. The normalized spacial score (nSPS) is 11.2. The maximum Gasteiger partial charge on any atom is 0.416 e. The third-order valence-corrected chi connectivity index (χ3v) is 2.69. The van der Waals surface area contributed by atoms with Gasteiger partial charge in [0.1, 0.15) is 0 Å². The molecule has 2 N–H and O–H groups in total. The summed E-state index contributed by atoms with van der Waals surface area (Å²) in [5.41, 5.74) is 5.27. The maximum absolute atomic E-state index is 12.5. The van der Waals surface area contributed by atoms with Crippen molar-refractivity contribution < 1.29 is 18.0 Å². The molecule has 0 heterocycles. The van der Waals surface area contributed by atoms with Crippen molar-refractivity contribution in [3.8, 4) is 0 Å². The first-order chi connectivity index (χ1) is 9.39. The van der Waals surface area contributed by atoms with Crippen molar-refractivity contribution in [2.45, 2.75) is 6.18 Å². The second-order valence-corrected chi connectivity index (χ2v) is 4.05. The zero-order valence-corrected chi connectivity index (χ0v) is 10.3. The van der Waals surface area contributed by atoms with Crippen LogP contribution < -0.4 is 10.6 Å². The van der Waals surface area contributed by atoms with E-state index in [0.717, 1.165) is 17.0 Å². The van der Waals surface area contributed by atoms with E-state index >= 15 is 0 Å². The molecule has 2 rings (SSSR count). The molecule has 0 aromatic heterocycles. The van der Waals surface area contributed by atoms with Crippen LogP contribution in [0.4, 0.5) is 29.3 Å². The van der Waals surface area contributed by atoms with Gasteiger partial charge in [-0.3, -0.25) is 4.90 Å². The van der Waals surface area contributed by atoms with Gasteiger partial charge in [0.05, 0.1) is 16.9 Å². The second-order valence-electron chi connectivity index (χ2n) is 4.05. The van der Waals surface area contributed by atoms with E-state index < -0.39 is 17.8 Å². The fourth-order valence-corrected chi connectivity index (χ4v) is 1.78. The van der Waals surface area contributed by atoms with Crippen LogP contribution in [0.5, 0.6) is 0 Å². The quantitative estimate of drug-likeness (QED) is 0.890. The summed E-state index contributed by atoms with van der Waals surface area (Å²) in [6.45, 7) is 0. The summed E-state index contributed by atoms with van der Waals surface area (Å²) >= 11 is 0. The van der Waals surface area contributed by atoms with Crippen molar-refractivity contribution in [2.24, 2.45) is 5.73 Å². The lowest BCUT2D eigenvalue weighted by molar-refractivity contribution is -0.137. The Bertz CT molecular complexity index is 594. The Balaban J connectivity index is 2.39. The monoisotopic (exact) mass is 280 g/mol. The summed E-state index contributed by atoms with van der Waals surface area (Å²) in [6, 6.07) is 11.9. The maximum atomic E-state index is 12.5. The Morgan fingerprint density at radius 3 is 1.85 bits per heavy atom. The molecule has 20 heavy (non-hydrogen) atoms. The van der Waals surface area contributed by atoms with Gasteiger partial charge in [-0.2, -0.15) is 13.2 Å². The molecule has 104 valence electrons. The average Bonchev–Trinajstić information content (AvgIpc) is 2.39. The largest absolute Gasteiger partial charge is 0.416 e. The molecule has 0 aliphatic heterocycles. The van der Waals surface area contributed by atoms with Crippen LogP contribution in [-0.2, 0) is 6.18 Å². The highest BCUT2D eigenvalue weighted by Crippen LogP contribution is 2.32. The SMILES string of the molecule is NC(=O)N(c1ccccc1)c1ccc(C(F)(F)F)cc1. The predicted molar refractivity (Wildman–Crippen MR) is 69.6 cm³/mol. The van der Waals surface area contributed by atoms with Crippen LogP contribution in [0.1, 0.15) is 5.56 Å². The summed E-state index contributed by atoms with van der Waals surface area (Å²) in [7, 11) is 0. The first-order valence-electron chi connectivity index (χ1n) is 5.71. The number of halogens is 3. The molecule has 0 saturated heterocycles. The highest BCUT2D eigenvalue weighted by atomic mass is 19.4. The number of para-hydroxylation sites is 1. The van der Waals surface area contributed by atoms with Crippen LogP contribution in [-0.4, -0.2) is 6.03 Å². The molecule has 0 unspecified atom stereocenters. The number of hydrogen-bond donors (Lipinski definition) is 1. The number of nitrogens with zero attached hydrogens (tertiary/aromatic N) is 1. The smallest absolute Gasteiger partial charge is 0.351 e. The molecular weight excluding hydrogens is 269 g/mol. The van der Waals surface area contributed by atoms with E-state index in [0.29, 0.717) is 5.69 Å². The lowest BCUT2D eigenvalue weighted by Crippen LogP contribution is -2.31. The van der Waals surface area contributed by atoms with Gasteiger partial charge >= 0.3 is 12.2 Å². The van der Waals surface area contributed by atoms with E-state index in [2.05, 4.69) is 0 Å². The number of benzene rings is 2. The van der Waals surface area contributed by atoms with E-state index in [-0.39, 0.29) is 5.69 Å². The van der Waals surface area contributed by atoms with Crippen molar-refractivity contribution in [1.82, 2.24) is 0 Å². The van der Waals surface area contributed by atoms with Crippen LogP contribution in [0.25, 0.3) is 0 Å². The molecule has 0 fully saturated rings. The third kappa shape index (κ3) is 2.90. The number of rotatable bonds is 2. The van der Waals surface area contributed by atoms with Crippen LogP contribution in [0.15, 0.2) is 54.6 Å². The highest BCUT2D eigenvalue weighted by molar-refractivity contribution is 5.98. The highest BCUT2D eigenvalue weighted by Gasteiger charge is 2.30. The molecule has 2 aromatic rings. The number of amides is 2. The Morgan fingerprint density at radius 2 is 1.40 bits per heavy atom.